The summed E-state index contributed by atoms with van der Waals surface area (Å²) < 4.78 is 18.3. The largest absolute Gasteiger partial charge is 0.385 e. The molecule has 2 unspecified atom stereocenters. The second-order valence-corrected chi connectivity index (χ2v) is 11.0. The number of hydrogen-bond donors (Lipinski definition) is 1. The van der Waals surface area contributed by atoms with Crippen molar-refractivity contribution >= 4 is 7.60 Å². The van der Waals surface area contributed by atoms with Crippen molar-refractivity contribution < 1.29 is 18.5 Å². The summed E-state index contributed by atoms with van der Waals surface area (Å²) in [5, 5.41) is 0. The summed E-state index contributed by atoms with van der Waals surface area (Å²) in [5.74, 6) is -0.349. The number of nitrogens with zero attached hydrogens (tertiary/aromatic N) is 1. The molecule has 0 fully saturated rings. The predicted octanol–water partition coefficient (Wildman–Crippen LogP) is 7.28. The molecule has 4 nitrogen and oxygen atoms in total. The zero-order chi connectivity index (χ0) is 21.3. The molecule has 0 aromatic heterocycles. The summed E-state index contributed by atoms with van der Waals surface area (Å²) in [6.45, 7) is 4.60. The Morgan fingerprint density at radius 1 is 0.821 bits per heavy atom. The van der Waals surface area contributed by atoms with Crippen LogP contribution in [0.5, 0.6) is 0 Å². The second kappa shape index (κ2) is 16.6. The molecule has 0 rings (SSSR count). The van der Waals surface area contributed by atoms with Crippen LogP contribution in [0, 0.1) is 0 Å². The molecule has 0 aromatic carbocycles. The molecule has 0 aliphatic rings. The Hall–Kier alpha value is -0.150. The molecule has 168 valence electrons. The van der Waals surface area contributed by atoms with Gasteiger partial charge in [0, 0.05) is 6.42 Å². The monoisotopic (exact) mass is 418 g/mol. The van der Waals surface area contributed by atoms with Gasteiger partial charge in [-0.15, -0.1) is 0 Å². The summed E-state index contributed by atoms with van der Waals surface area (Å²) in [6, 6.07) is 0. The van der Waals surface area contributed by atoms with E-state index in [0.29, 0.717) is 17.5 Å². The fourth-order valence-corrected chi connectivity index (χ4v) is 5.57. The van der Waals surface area contributed by atoms with E-state index in [1.807, 2.05) is 28.1 Å². The van der Waals surface area contributed by atoms with Gasteiger partial charge in [-0.25, -0.2) is 0 Å². The third-order valence-electron chi connectivity index (χ3n) is 5.32. The topological polar surface area (TPSA) is 46.5 Å². The van der Waals surface area contributed by atoms with Crippen LogP contribution in [0.25, 0.3) is 0 Å². The molecule has 28 heavy (non-hydrogen) atoms. The van der Waals surface area contributed by atoms with E-state index in [4.69, 9.17) is 4.52 Å². The molecule has 2 atom stereocenters. The molecular weight excluding hydrogens is 369 g/mol. The van der Waals surface area contributed by atoms with E-state index >= 15 is 0 Å². The highest BCUT2D eigenvalue weighted by atomic mass is 31.2. The van der Waals surface area contributed by atoms with Crippen molar-refractivity contribution in [2.45, 2.75) is 110 Å². The predicted molar refractivity (Wildman–Crippen MR) is 123 cm³/mol. The fraction of sp³-hybridized carbons (Fsp3) is 0.913. The van der Waals surface area contributed by atoms with Gasteiger partial charge >= 0.3 is 7.60 Å². The van der Waals surface area contributed by atoms with Gasteiger partial charge in [0.1, 0.15) is 0 Å². The van der Waals surface area contributed by atoms with Gasteiger partial charge in [0.25, 0.3) is 0 Å². The van der Waals surface area contributed by atoms with Crippen molar-refractivity contribution in [3.05, 3.63) is 12.2 Å². The van der Waals surface area contributed by atoms with E-state index in [-0.39, 0.29) is 5.78 Å². The van der Waals surface area contributed by atoms with Crippen LogP contribution < -0.4 is 0 Å². The maximum absolute atomic E-state index is 12.5. The normalized spacial score (nSPS) is 15.8. The van der Waals surface area contributed by atoms with Crippen molar-refractivity contribution in [1.82, 2.24) is 0 Å². The summed E-state index contributed by atoms with van der Waals surface area (Å²) in [6.07, 6.45) is 21.5. The molecule has 1 N–H and O–H groups in total. The first kappa shape index (κ1) is 27.8. The lowest BCUT2D eigenvalue weighted by molar-refractivity contribution is -0.883. The van der Waals surface area contributed by atoms with E-state index in [2.05, 4.69) is 19.1 Å². The number of unbranched alkanes of at least 4 members (excludes halogenated alkanes) is 11. The lowest BCUT2D eigenvalue weighted by atomic mass is 10.1. The van der Waals surface area contributed by atoms with Crippen molar-refractivity contribution in [1.29, 1.82) is 0 Å². The van der Waals surface area contributed by atoms with Gasteiger partial charge in [-0.1, -0.05) is 77.4 Å². The first-order valence-corrected chi connectivity index (χ1v) is 13.3. The van der Waals surface area contributed by atoms with Crippen LogP contribution in [0.15, 0.2) is 12.2 Å². The smallest absolute Gasteiger partial charge is 0.320 e. The molecule has 0 bridgehead atoms. The lowest BCUT2D eigenvalue weighted by Crippen LogP contribution is -2.44. The molecule has 0 saturated carbocycles. The lowest BCUT2D eigenvalue weighted by Gasteiger charge is -2.35. The molecular formula is C23H49NO3P+. The molecule has 0 aliphatic heterocycles. The molecule has 0 heterocycles. The third-order valence-corrected chi connectivity index (χ3v) is 7.68. The number of quaternary nitrogens is 1. The minimum atomic E-state index is -3.55. The Bertz CT molecular complexity index is 432. The number of allylic oxidation sites excluding steroid dienone is 2. The summed E-state index contributed by atoms with van der Waals surface area (Å²) >= 11 is 0. The van der Waals surface area contributed by atoms with Crippen molar-refractivity contribution in [3.8, 4) is 0 Å². The minimum Gasteiger partial charge on any atom is -0.320 e. The van der Waals surface area contributed by atoms with Crippen LogP contribution in [0.3, 0.4) is 0 Å². The highest BCUT2D eigenvalue weighted by Gasteiger charge is 2.41. The summed E-state index contributed by atoms with van der Waals surface area (Å²) in [4.78, 5) is 10.2. The van der Waals surface area contributed by atoms with Crippen LogP contribution in [0.1, 0.15) is 104 Å². The van der Waals surface area contributed by atoms with Crippen LogP contribution in [-0.2, 0) is 9.09 Å². The molecule has 0 radical (unpaired) electrons. The quantitative estimate of drug-likeness (QED) is 0.104. The molecule has 0 spiro atoms. The third kappa shape index (κ3) is 14.8. The van der Waals surface area contributed by atoms with E-state index in [1.54, 1.807) is 0 Å². The molecule has 5 heteroatoms. The number of rotatable bonds is 19. The Morgan fingerprint density at radius 3 is 1.75 bits per heavy atom. The van der Waals surface area contributed by atoms with Crippen LogP contribution in [-0.4, -0.2) is 42.9 Å². The Morgan fingerprint density at radius 2 is 1.29 bits per heavy atom. The molecule has 0 saturated heterocycles. The average molecular weight is 419 g/mol. The van der Waals surface area contributed by atoms with Crippen LogP contribution in [0.2, 0.25) is 0 Å². The highest BCUT2D eigenvalue weighted by Crippen LogP contribution is 2.51. The summed E-state index contributed by atoms with van der Waals surface area (Å²) in [5.41, 5.74) is 0. The Labute approximate surface area is 175 Å². The van der Waals surface area contributed by atoms with E-state index in [0.717, 1.165) is 12.8 Å². The van der Waals surface area contributed by atoms with Gasteiger partial charge in [0.15, 0.2) is 5.78 Å². The molecule has 0 aromatic rings. The SMILES string of the molecule is CCCCCC/C=C\CCCCCCCCCOP(=O)(O)C(CC)[N+](C)(C)C. The van der Waals surface area contributed by atoms with Gasteiger partial charge in [0.2, 0.25) is 0 Å². The maximum atomic E-state index is 12.5. The van der Waals surface area contributed by atoms with Crippen molar-refractivity contribution in [2.75, 3.05) is 27.7 Å². The second-order valence-electron chi connectivity index (χ2n) is 8.99. The zero-order valence-corrected chi connectivity index (χ0v) is 20.4. The maximum Gasteiger partial charge on any atom is 0.385 e. The van der Waals surface area contributed by atoms with Crippen molar-refractivity contribution in [3.63, 3.8) is 0 Å². The van der Waals surface area contributed by atoms with Gasteiger partial charge in [0.05, 0.1) is 27.7 Å². The van der Waals surface area contributed by atoms with Crippen LogP contribution in [0.4, 0.5) is 0 Å². The average Bonchev–Trinajstić information content (AvgIpc) is 2.60. The summed E-state index contributed by atoms with van der Waals surface area (Å²) in [7, 11) is 2.30. The Kier molecular flexibility index (Phi) is 16.5. The van der Waals surface area contributed by atoms with Gasteiger partial charge in [-0.2, -0.15) is 0 Å². The Balaban J connectivity index is 3.55. The van der Waals surface area contributed by atoms with E-state index < -0.39 is 7.60 Å². The first-order chi connectivity index (χ1) is 13.3. The minimum absolute atomic E-state index is 0.349. The molecule has 0 aliphatic carbocycles. The number of hydrogen-bond acceptors (Lipinski definition) is 2. The standard InChI is InChI=1S/C23H48NO3P/c1-6-8-9-10-11-12-13-14-15-16-17-18-19-20-21-22-27-28(25,26)23(7-2)24(3,4)5/h12-13,23H,6-11,14-22H2,1-5H3/p+1/b13-12-. The zero-order valence-electron chi connectivity index (χ0n) is 19.5. The van der Waals surface area contributed by atoms with E-state index in [1.165, 1.54) is 70.6 Å². The first-order valence-electron chi connectivity index (χ1n) is 11.7. The molecule has 0 amide bonds. The van der Waals surface area contributed by atoms with Gasteiger partial charge in [-0.05, 0) is 32.1 Å². The van der Waals surface area contributed by atoms with Crippen molar-refractivity contribution in [2.24, 2.45) is 0 Å². The van der Waals surface area contributed by atoms with Gasteiger partial charge < -0.3 is 13.9 Å². The van der Waals surface area contributed by atoms with Crippen LogP contribution >= 0.6 is 7.60 Å². The van der Waals surface area contributed by atoms with E-state index in [9.17, 15) is 9.46 Å². The highest BCUT2D eigenvalue weighted by molar-refractivity contribution is 7.53. The fourth-order valence-electron chi connectivity index (χ4n) is 3.67. The van der Waals surface area contributed by atoms with Gasteiger partial charge in [-0.3, -0.25) is 4.57 Å².